The smallest absolute Gasteiger partial charge is 0.137 e. The number of aryl methyl sites for hydroxylation is 1. The number of hydrogen-bond donors (Lipinski definition) is 2. The van der Waals surface area contributed by atoms with Crippen LogP contribution in [0.4, 0.5) is 0 Å². The van der Waals surface area contributed by atoms with Crippen LogP contribution in [-0.4, -0.2) is 30.4 Å². The Morgan fingerprint density at radius 3 is 2.84 bits per heavy atom. The largest absolute Gasteiger partial charge is 0.490 e. The fourth-order valence-corrected chi connectivity index (χ4v) is 2.80. The van der Waals surface area contributed by atoms with Gasteiger partial charge in [0.1, 0.15) is 25.0 Å². The van der Waals surface area contributed by atoms with Crippen molar-refractivity contribution in [2.75, 3.05) is 13.2 Å². The van der Waals surface area contributed by atoms with Gasteiger partial charge in [-0.2, -0.15) is 0 Å². The van der Waals surface area contributed by atoms with Crippen LogP contribution in [0.15, 0.2) is 18.2 Å². The Kier molecular flexibility index (Phi) is 5.49. The normalized spacial score (nSPS) is 17.6. The summed E-state index contributed by atoms with van der Waals surface area (Å²) in [5.74, 6) is 0.796. The summed E-state index contributed by atoms with van der Waals surface area (Å²) in [6.07, 6.45) is 4.80. The first kappa shape index (κ1) is 14.6. The zero-order valence-corrected chi connectivity index (χ0v) is 12.2. The van der Waals surface area contributed by atoms with Crippen molar-refractivity contribution in [3.63, 3.8) is 0 Å². The molecule has 0 aliphatic heterocycles. The molecule has 0 bridgehead atoms. The Balaban J connectivity index is 1.71. The van der Waals surface area contributed by atoms with Crippen LogP contribution in [0.3, 0.4) is 0 Å². The minimum atomic E-state index is -0.421. The maximum Gasteiger partial charge on any atom is 0.137 e. The van der Waals surface area contributed by atoms with Crippen molar-refractivity contribution < 1.29 is 15.2 Å². The van der Waals surface area contributed by atoms with Crippen LogP contribution in [0.2, 0.25) is 5.02 Å². The van der Waals surface area contributed by atoms with Crippen molar-refractivity contribution in [1.82, 2.24) is 0 Å². The second-order valence-electron chi connectivity index (χ2n) is 5.39. The molecule has 0 aromatic heterocycles. The van der Waals surface area contributed by atoms with Gasteiger partial charge in [-0.05, 0) is 56.4 Å². The molecule has 4 heteroatoms. The first-order valence-electron chi connectivity index (χ1n) is 7.05. The van der Waals surface area contributed by atoms with E-state index >= 15 is 0 Å². The second-order valence-corrected chi connectivity index (χ2v) is 5.83. The van der Waals surface area contributed by atoms with E-state index in [-0.39, 0.29) is 0 Å². The fourth-order valence-electron chi connectivity index (χ4n) is 2.57. The summed E-state index contributed by atoms with van der Waals surface area (Å²) < 4.78 is 5.64. The van der Waals surface area contributed by atoms with E-state index in [4.69, 9.17) is 16.3 Å². The van der Waals surface area contributed by atoms with Crippen LogP contribution < -0.4 is 10.1 Å². The molecule has 106 valence electrons. The molecule has 1 aromatic rings. The molecule has 0 spiro atoms. The number of benzene rings is 1. The van der Waals surface area contributed by atoms with Crippen molar-refractivity contribution in [3.8, 4) is 5.75 Å². The van der Waals surface area contributed by atoms with Crippen LogP contribution in [-0.2, 0) is 0 Å². The molecule has 0 radical (unpaired) electrons. The summed E-state index contributed by atoms with van der Waals surface area (Å²) in [6.45, 7) is 3.02. The molecule has 0 unspecified atom stereocenters. The lowest BCUT2D eigenvalue weighted by Gasteiger charge is -2.15. The van der Waals surface area contributed by atoms with Gasteiger partial charge in [0.15, 0.2) is 0 Å². The number of ether oxygens (including phenoxy) is 1. The average Bonchev–Trinajstić information content (AvgIpc) is 2.88. The van der Waals surface area contributed by atoms with Crippen LogP contribution >= 0.6 is 11.6 Å². The molecule has 1 aromatic carbocycles. The van der Waals surface area contributed by atoms with E-state index in [9.17, 15) is 5.11 Å². The van der Waals surface area contributed by atoms with E-state index in [1.165, 1.54) is 25.7 Å². The molecule has 1 aliphatic rings. The third kappa shape index (κ3) is 4.68. The number of aliphatic hydroxyl groups excluding tert-OH is 1. The van der Waals surface area contributed by atoms with Gasteiger partial charge >= 0.3 is 0 Å². The lowest BCUT2D eigenvalue weighted by molar-refractivity contribution is -0.693. The van der Waals surface area contributed by atoms with E-state index in [0.29, 0.717) is 17.7 Å². The van der Waals surface area contributed by atoms with Gasteiger partial charge < -0.3 is 15.2 Å². The van der Waals surface area contributed by atoms with E-state index < -0.39 is 6.10 Å². The minimum absolute atomic E-state index is 0.339. The third-order valence-corrected chi connectivity index (χ3v) is 3.94. The standard InChI is InChI=1S/C15H22ClNO2/c1-11-8-12(16)6-7-15(11)19-10-14(18)9-17-13-4-2-3-5-13/h6-8,13-14,17-18H,2-5,9-10H2,1H3/p+1/t14-/m0/s1. The lowest BCUT2D eigenvalue weighted by Crippen LogP contribution is -2.91. The molecule has 2 rings (SSSR count). The molecular formula is C15H23ClNO2+. The van der Waals surface area contributed by atoms with Crippen LogP contribution in [0.25, 0.3) is 0 Å². The molecule has 3 N–H and O–H groups in total. The van der Waals surface area contributed by atoms with Gasteiger partial charge in [0.2, 0.25) is 0 Å². The summed E-state index contributed by atoms with van der Waals surface area (Å²) in [5, 5.41) is 12.9. The van der Waals surface area contributed by atoms with Crippen molar-refractivity contribution >= 4 is 11.6 Å². The summed E-state index contributed by atoms with van der Waals surface area (Å²) in [6, 6.07) is 6.23. The average molecular weight is 285 g/mol. The number of halogens is 1. The number of quaternary nitrogens is 1. The van der Waals surface area contributed by atoms with Gasteiger partial charge in [0, 0.05) is 5.02 Å². The Labute approximate surface area is 119 Å². The predicted octanol–water partition coefficient (Wildman–Crippen LogP) is 1.89. The highest BCUT2D eigenvalue weighted by molar-refractivity contribution is 6.30. The second kappa shape index (κ2) is 7.13. The molecule has 0 amide bonds. The molecule has 19 heavy (non-hydrogen) atoms. The summed E-state index contributed by atoms with van der Waals surface area (Å²) in [7, 11) is 0. The van der Waals surface area contributed by atoms with Gasteiger partial charge in [-0.1, -0.05) is 11.6 Å². The Hall–Kier alpha value is -0.770. The molecule has 1 saturated carbocycles. The van der Waals surface area contributed by atoms with E-state index in [1.54, 1.807) is 6.07 Å². The Bertz CT molecular complexity index is 405. The number of nitrogens with two attached hydrogens (primary N) is 1. The maximum absolute atomic E-state index is 9.93. The van der Waals surface area contributed by atoms with Gasteiger partial charge in [-0.3, -0.25) is 0 Å². The summed E-state index contributed by atoms with van der Waals surface area (Å²) in [5.41, 5.74) is 1.000. The Morgan fingerprint density at radius 1 is 1.42 bits per heavy atom. The SMILES string of the molecule is Cc1cc(Cl)ccc1OC[C@@H](O)C[NH2+]C1CCCC1. The van der Waals surface area contributed by atoms with Gasteiger partial charge in [0.25, 0.3) is 0 Å². The molecule has 1 fully saturated rings. The zero-order chi connectivity index (χ0) is 13.7. The number of rotatable bonds is 6. The summed E-state index contributed by atoms with van der Waals surface area (Å²) >= 11 is 5.89. The maximum atomic E-state index is 9.93. The Morgan fingerprint density at radius 2 is 2.16 bits per heavy atom. The molecule has 0 heterocycles. The highest BCUT2D eigenvalue weighted by atomic mass is 35.5. The van der Waals surface area contributed by atoms with E-state index in [2.05, 4.69) is 5.32 Å². The first-order valence-corrected chi connectivity index (χ1v) is 7.43. The number of aliphatic hydroxyl groups is 1. The molecular weight excluding hydrogens is 262 g/mol. The van der Waals surface area contributed by atoms with Crippen LogP contribution in [0.1, 0.15) is 31.2 Å². The first-order chi connectivity index (χ1) is 9.15. The minimum Gasteiger partial charge on any atom is -0.490 e. The van der Waals surface area contributed by atoms with Crippen LogP contribution in [0.5, 0.6) is 5.75 Å². The molecule has 0 saturated heterocycles. The molecule has 3 nitrogen and oxygen atoms in total. The van der Waals surface area contributed by atoms with Crippen molar-refractivity contribution in [2.45, 2.75) is 44.8 Å². The van der Waals surface area contributed by atoms with Crippen molar-refractivity contribution in [3.05, 3.63) is 28.8 Å². The third-order valence-electron chi connectivity index (χ3n) is 3.71. The van der Waals surface area contributed by atoms with Gasteiger partial charge in [-0.25, -0.2) is 0 Å². The van der Waals surface area contributed by atoms with Crippen molar-refractivity contribution in [1.29, 1.82) is 0 Å². The van der Waals surface area contributed by atoms with E-state index in [0.717, 1.165) is 17.9 Å². The van der Waals surface area contributed by atoms with Gasteiger partial charge in [0.05, 0.1) is 6.04 Å². The predicted molar refractivity (Wildman–Crippen MR) is 76.7 cm³/mol. The zero-order valence-electron chi connectivity index (χ0n) is 11.4. The molecule has 1 aliphatic carbocycles. The quantitative estimate of drug-likeness (QED) is 0.838. The monoisotopic (exact) mass is 284 g/mol. The summed E-state index contributed by atoms with van der Waals surface area (Å²) in [4.78, 5) is 0. The topological polar surface area (TPSA) is 46.1 Å². The number of hydrogen-bond acceptors (Lipinski definition) is 2. The lowest BCUT2D eigenvalue weighted by atomic mass is 10.2. The van der Waals surface area contributed by atoms with E-state index in [1.807, 2.05) is 19.1 Å². The van der Waals surface area contributed by atoms with Crippen molar-refractivity contribution in [2.24, 2.45) is 0 Å². The van der Waals surface area contributed by atoms with Gasteiger partial charge in [-0.15, -0.1) is 0 Å². The highest BCUT2D eigenvalue weighted by Crippen LogP contribution is 2.21. The fraction of sp³-hybridized carbons (Fsp3) is 0.600. The van der Waals surface area contributed by atoms with Crippen LogP contribution in [0, 0.1) is 6.92 Å². The molecule has 1 atom stereocenters. The highest BCUT2D eigenvalue weighted by Gasteiger charge is 2.19.